The maximum atomic E-state index is 10.5. The minimum absolute atomic E-state index is 0.211. The Kier molecular flexibility index (Phi) is 4.39. The van der Waals surface area contributed by atoms with Gasteiger partial charge in [-0.05, 0) is 31.6 Å². The van der Waals surface area contributed by atoms with Crippen molar-refractivity contribution in [2.75, 3.05) is 0 Å². The molecule has 5 heteroatoms. The van der Waals surface area contributed by atoms with E-state index in [0.717, 1.165) is 13.0 Å². The lowest BCUT2D eigenvalue weighted by molar-refractivity contribution is -0.136. The fourth-order valence-electron chi connectivity index (χ4n) is 3.67. The number of carboxylic acid groups (broad SMARTS) is 1. The molecule has 1 aromatic heterocycles. The summed E-state index contributed by atoms with van der Waals surface area (Å²) in [7, 11) is 0. The number of fused-ring (bicyclic) bond motifs is 2. The van der Waals surface area contributed by atoms with Crippen LogP contribution in [0.25, 0.3) is 0 Å². The summed E-state index contributed by atoms with van der Waals surface area (Å²) in [4.78, 5) is 14.6. The number of nitrogens with zero attached hydrogens (tertiary/aromatic N) is 2. The number of hydrogen-bond acceptors (Lipinski definition) is 3. The van der Waals surface area contributed by atoms with Crippen LogP contribution in [0, 0.1) is 11.8 Å². The SMILES string of the molecule is O=C(O)CC/C=C\C[C@@H]1[C@H](Cn2ccnc2)[C@H]2CC[C@@H]1O2. The van der Waals surface area contributed by atoms with Gasteiger partial charge in [0.1, 0.15) is 0 Å². The molecule has 21 heavy (non-hydrogen) atoms. The molecule has 0 unspecified atom stereocenters. The first-order chi connectivity index (χ1) is 10.2. The van der Waals surface area contributed by atoms with Crippen molar-refractivity contribution in [2.45, 2.75) is 50.9 Å². The lowest BCUT2D eigenvalue weighted by Crippen LogP contribution is -2.30. The van der Waals surface area contributed by atoms with Gasteiger partial charge < -0.3 is 14.4 Å². The predicted octanol–water partition coefficient (Wildman–Crippen LogP) is 2.49. The molecule has 2 saturated heterocycles. The van der Waals surface area contributed by atoms with Crippen LogP contribution >= 0.6 is 0 Å². The predicted molar refractivity (Wildman–Crippen MR) is 77.7 cm³/mol. The fourth-order valence-corrected chi connectivity index (χ4v) is 3.67. The Labute approximate surface area is 124 Å². The standard InChI is InChI=1S/C16H22N2O3/c19-16(20)5-3-1-2-4-12-13(10-18-9-8-17-11-18)15-7-6-14(12)21-15/h1-2,8-9,11-15H,3-7,10H2,(H,19,20)/b2-1-/t12-,13+,14+,15-/m1/s1. The molecule has 2 aliphatic rings. The fraction of sp³-hybridized carbons (Fsp3) is 0.625. The summed E-state index contributed by atoms with van der Waals surface area (Å²) >= 11 is 0. The molecular weight excluding hydrogens is 268 g/mol. The normalized spacial score (nSPS) is 31.2. The van der Waals surface area contributed by atoms with E-state index in [0.29, 0.717) is 30.5 Å². The Balaban J connectivity index is 1.55. The maximum Gasteiger partial charge on any atom is 0.303 e. The zero-order valence-electron chi connectivity index (χ0n) is 12.1. The maximum absolute atomic E-state index is 10.5. The lowest BCUT2D eigenvalue weighted by atomic mass is 9.77. The second kappa shape index (κ2) is 6.43. The molecular formula is C16H22N2O3. The van der Waals surface area contributed by atoms with Crippen molar-refractivity contribution in [1.82, 2.24) is 9.55 Å². The summed E-state index contributed by atoms with van der Waals surface area (Å²) in [5.41, 5.74) is 0. The highest BCUT2D eigenvalue weighted by Crippen LogP contribution is 2.45. The van der Waals surface area contributed by atoms with Gasteiger partial charge in [-0.2, -0.15) is 0 Å². The van der Waals surface area contributed by atoms with Gasteiger partial charge in [-0.25, -0.2) is 4.98 Å². The average molecular weight is 290 g/mol. The van der Waals surface area contributed by atoms with Crippen LogP contribution in [0.3, 0.4) is 0 Å². The molecule has 0 aromatic carbocycles. The van der Waals surface area contributed by atoms with E-state index in [1.807, 2.05) is 24.8 Å². The Bertz CT molecular complexity index is 498. The first-order valence-electron chi connectivity index (χ1n) is 7.72. The number of hydrogen-bond donors (Lipinski definition) is 1. The van der Waals surface area contributed by atoms with E-state index >= 15 is 0 Å². The van der Waals surface area contributed by atoms with Crippen LogP contribution in [0.2, 0.25) is 0 Å². The quantitative estimate of drug-likeness (QED) is 0.784. The summed E-state index contributed by atoms with van der Waals surface area (Å²) in [6, 6.07) is 0. The number of allylic oxidation sites excluding steroid dienone is 2. The zero-order valence-corrected chi connectivity index (χ0v) is 12.1. The van der Waals surface area contributed by atoms with Gasteiger partial charge in [0.2, 0.25) is 0 Å². The first kappa shape index (κ1) is 14.3. The average Bonchev–Trinajstić information content (AvgIpc) is 3.16. The van der Waals surface area contributed by atoms with E-state index in [1.165, 1.54) is 12.8 Å². The Morgan fingerprint density at radius 3 is 2.86 bits per heavy atom. The monoisotopic (exact) mass is 290 g/mol. The summed E-state index contributed by atoms with van der Waals surface area (Å²) < 4.78 is 8.21. The van der Waals surface area contributed by atoms with Crippen molar-refractivity contribution in [3.63, 3.8) is 0 Å². The van der Waals surface area contributed by atoms with Gasteiger partial charge in [0.25, 0.3) is 0 Å². The van der Waals surface area contributed by atoms with E-state index in [2.05, 4.69) is 15.6 Å². The number of ether oxygens (including phenoxy) is 1. The van der Waals surface area contributed by atoms with Crippen LogP contribution in [0.4, 0.5) is 0 Å². The van der Waals surface area contributed by atoms with E-state index in [1.54, 1.807) is 0 Å². The van der Waals surface area contributed by atoms with Crippen molar-refractivity contribution < 1.29 is 14.6 Å². The molecule has 5 nitrogen and oxygen atoms in total. The largest absolute Gasteiger partial charge is 0.481 e. The molecule has 1 aromatic rings. The highest BCUT2D eigenvalue weighted by molar-refractivity contribution is 5.66. The number of aliphatic carboxylic acids is 1. The molecule has 0 saturated carbocycles. The lowest BCUT2D eigenvalue weighted by Gasteiger charge is -2.27. The van der Waals surface area contributed by atoms with Gasteiger partial charge in [-0.15, -0.1) is 0 Å². The third-order valence-corrected chi connectivity index (χ3v) is 4.67. The molecule has 2 fully saturated rings. The molecule has 0 spiro atoms. The molecule has 2 aliphatic heterocycles. The van der Waals surface area contributed by atoms with Crippen LogP contribution in [0.15, 0.2) is 30.9 Å². The van der Waals surface area contributed by atoms with Crippen LogP contribution in [-0.2, 0) is 16.1 Å². The van der Waals surface area contributed by atoms with Crippen molar-refractivity contribution in [1.29, 1.82) is 0 Å². The molecule has 1 N–H and O–H groups in total. The first-order valence-corrected chi connectivity index (χ1v) is 7.72. The molecule has 0 aliphatic carbocycles. The van der Waals surface area contributed by atoms with Crippen molar-refractivity contribution in [3.05, 3.63) is 30.9 Å². The van der Waals surface area contributed by atoms with Gasteiger partial charge in [0.15, 0.2) is 0 Å². The Morgan fingerprint density at radius 1 is 1.33 bits per heavy atom. The number of aromatic nitrogens is 2. The van der Waals surface area contributed by atoms with Crippen LogP contribution in [0.1, 0.15) is 32.1 Å². The van der Waals surface area contributed by atoms with Crippen molar-refractivity contribution in [2.24, 2.45) is 11.8 Å². The second-order valence-electron chi connectivity index (χ2n) is 6.02. The molecule has 3 heterocycles. The van der Waals surface area contributed by atoms with Crippen molar-refractivity contribution in [3.8, 4) is 0 Å². The number of rotatable bonds is 7. The Hall–Kier alpha value is -1.62. The van der Waals surface area contributed by atoms with Crippen LogP contribution in [-0.4, -0.2) is 32.8 Å². The molecule has 4 atom stereocenters. The zero-order chi connectivity index (χ0) is 14.7. The van der Waals surface area contributed by atoms with E-state index in [9.17, 15) is 4.79 Å². The van der Waals surface area contributed by atoms with E-state index in [-0.39, 0.29) is 6.42 Å². The summed E-state index contributed by atoms with van der Waals surface area (Å²) in [6.45, 7) is 0.967. The van der Waals surface area contributed by atoms with Gasteiger partial charge in [-0.1, -0.05) is 12.2 Å². The molecule has 114 valence electrons. The summed E-state index contributed by atoms with van der Waals surface area (Å²) in [6.07, 6.45) is 14.7. The minimum atomic E-state index is -0.735. The highest BCUT2D eigenvalue weighted by Gasteiger charge is 2.47. The number of carboxylic acids is 1. The Morgan fingerprint density at radius 2 is 2.14 bits per heavy atom. The van der Waals surface area contributed by atoms with Gasteiger partial charge in [0.05, 0.1) is 18.5 Å². The van der Waals surface area contributed by atoms with Gasteiger partial charge in [-0.3, -0.25) is 4.79 Å². The van der Waals surface area contributed by atoms with Gasteiger partial charge in [0, 0.05) is 31.3 Å². The van der Waals surface area contributed by atoms with Crippen LogP contribution in [0.5, 0.6) is 0 Å². The number of imidazole rings is 1. The minimum Gasteiger partial charge on any atom is -0.481 e. The van der Waals surface area contributed by atoms with E-state index in [4.69, 9.17) is 9.84 Å². The molecule has 0 radical (unpaired) electrons. The smallest absolute Gasteiger partial charge is 0.303 e. The second-order valence-corrected chi connectivity index (χ2v) is 6.02. The number of carbonyl (C=O) groups is 1. The van der Waals surface area contributed by atoms with Gasteiger partial charge >= 0.3 is 5.97 Å². The van der Waals surface area contributed by atoms with E-state index < -0.39 is 5.97 Å². The molecule has 3 rings (SSSR count). The third kappa shape index (κ3) is 3.35. The summed E-state index contributed by atoms with van der Waals surface area (Å²) in [5, 5.41) is 8.63. The van der Waals surface area contributed by atoms with Crippen LogP contribution < -0.4 is 0 Å². The molecule has 2 bridgehead atoms. The highest BCUT2D eigenvalue weighted by atomic mass is 16.5. The summed E-state index contributed by atoms with van der Waals surface area (Å²) in [5.74, 6) is 0.357. The third-order valence-electron chi connectivity index (χ3n) is 4.67. The molecule has 0 amide bonds. The topological polar surface area (TPSA) is 64.3 Å². The van der Waals surface area contributed by atoms with Crippen molar-refractivity contribution >= 4 is 5.97 Å².